The van der Waals surface area contributed by atoms with Crippen molar-refractivity contribution >= 4 is 23.0 Å². The van der Waals surface area contributed by atoms with Gasteiger partial charge in [0, 0.05) is 37.4 Å². The number of carbonyl (C=O) groups excluding carboxylic acids is 1. The Labute approximate surface area is 167 Å². The molecule has 1 heterocycles. The highest BCUT2D eigenvalue weighted by Crippen LogP contribution is 2.28. The van der Waals surface area contributed by atoms with E-state index in [-0.39, 0.29) is 5.91 Å². The molecule has 1 aliphatic heterocycles. The molecule has 1 aliphatic rings. The Balaban J connectivity index is 1.65. The van der Waals surface area contributed by atoms with Crippen LogP contribution < -0.4 is 20.7 Å². The molecule has 0 spiro atoms. The third kappa shape index (κ3) is 4.95. The number of nitrogens with zero attached hydrogens (tertiary/aromatic N) is 2. The second kappa shape index (κ2) is 9.46. The predicted molar refractivity (Wildman–Crippen MR) is 115 cm³/mol. The van der Waals surface area contributed by atoms with Gasteiger partial charge in [0.2, 0.25) is 0 Å². The SMILES string of the molecule is CCCOc1cccc(C(=O)Nc2ccc(N3CCN(CC)CC3)c(N)c2)c1. The first kappa shape index (κ1) is 20.0. The number of carbonyl (C=O) groups is 1. The van der Waals surface area contributed by atoms with Crippen molar-refractivity contribution in [2.75, 3.05) is 55.3 Å². The van der Waals surface area contributed by atoms with Crippen molar-refractivity contribution in [3.8, 4) is 5.75 Å². The van der Waals surface area contributed by atoms with Crippen LogP contribution in [0.2, 0.25) is 0 Å². The molecule has 0 aromatic heterocycles. The number of amides is 1. The van der Waals surface area contributed by atoms with Gasteiger partial charge in [-0.25, -0.2) is 0 Å². The van der Waals surface area contributed by atoms with Crippen molar-refractivity contribution in [3.05, 3.63) is 48.0 Å². The van der Waals surface area contributed by atoms with Crippen LogP contribution in [-0.2, 0) is 0 Å². The minimum Gasteiger partial charge on any atom is -0.494 e. The van der Waals surface area contributed by atoms with Crippen molar-refractivity contribution in [2.24, 2.45) is 0 Å². The molecule has 0 atom stereocenters. The first-order chi connectivity index (χ1) is 13.6. The molecule has 3 N–H and O–H groups in total. The minimum absolute atomic E-state index is 0.175. The lowest BCUT2D eigenvalue weighted by molar-refractivity contribution is 0.102. The maximum Gasteiger partial charge on any atom is 0.255 e. The van der Waals surface area contributed by atoms with Crippen molar-refractivity contribution in [2.45, 2.75) is 20.3 Å². The monoisotopic (exact) mass is 382 g/mol. The number of anilines is 3. The Morgan fingerprint density at radius 2 is 1.89 bits per heavy atom. The van der Waals surface area contributed by atoms with Gasteiger partial charge in [-0.2, -0.15) is 0 Å². The molecule has 0 saturated carbocycles. The van der Waals surface area contributed by atoms with E-state index in [0.717, 1.165) is 44.8 Å². The van der Waals surface area contributed by atoms with Gasteiger partial charge in [0.15, 0.2) is 0 Å². The van der Waals surface area contributed by atoms with Crippen LogP contribution >= 0.6 is 0 Å². The van der Waals surface area contributed by atoms with E-state index in [1.807, 2.05) is 37.3 Å². The van der Waals surface area contributed by atoms with Crippen LogP contribution in [0.15, 0.2) is 42.5 Å². The zero-order valence-electron chi connectivity index (χ0n) is 16.8. The molecule has 2 aromatic rings. The van der Waals surface area contributed by atoms with Gasteiger partial charge < -0.3 is 25.6 Å². The van der Waals surface area contributed by atoms with Gasteiger partial charge in [0.25, 0.3) is 5.91 Å². The van der Waals surface area contributed by atoms with Crippen LogP contribution in [0.3, 0.4) is 0 Å². The van der Waals surface area contributed by atoms with Crippen LogP contribution in [0.1, 0.15) is 30.6 Å². The van der Waals surface area contributed by atoms with Gasteiger partial charge in [0.1, 0.15) is 5.75 Å². The van der Waals surface area contributed by atoms with Gasteiger partial charge in [-0.15, -0.1) is 0 Å². The number of rotatable bonds is 7. The summed E-state index contributed by atoms with van der Waals surface area (Å²) in [6.45, 7) is 9.98. The highest BCUT2D eigenvalue weighted by molar-refractivity contribution is 6.04. The number of benzene rings is 2. The number of ether oxygens (including phenoxy) is 1. The number of hydrogen-bond donors (Lipinski definition) is 2. The number of nitrogens with one attached hydrogen (secondary N) is 1. The molecular formula is C22H30N4O2. The summed E-state index contributed by atoms with van der Waals surface area (Å²) in [5.74, 6) is 0.529. The normalized spacial score (nSPS) is 14.7. The van der Waals surface area contributed by atoms with Crippen LogP contribution in [0.25, 0.3) is 0 Å². The molecule has 1 saturated heterocycles. The molecule has 1 fully saturated rings. The zero-order valence-corrected chi connectivity index (χ0v) is 16.8. The molecule has 0 bridgehead atoms. The molecule has 1 amide bonds. The summed E-state index contributed by atoms with van der Waals surface area (Å²) >= 11 is 0. The van der Waals surface area contributed by atoms with E-state index in [1.165, 1.54) is 0 Å². The number of likely N-dealkylation sites (N-methyl/N-ethyl adjacent to an activating group) is 1. The summed E-state index contributed by atoms with van der Waals surface area (Å²) in [5.41, 5.74) is 9.26. The van der Waals surface area contributed by atoms with Gasteiger partial charge in [-0.05, 0) is 49.4 Å². The highest BCUT2D eigenvalue weighted by Gasteiger charge is 2.18. The molecule has 6 heteroatoms. The minimum atomic E-state index is -0.175. The Morgan fingerprint density at radius 1 is 1.11 bits per heavy atom. The molecule has 28 heavy (non-hydrogen) atoms. The molecule has 6 nitrogen and oxygen atoms in total. The van der Waals surface area contributed by atoms with Crippen molar-refractivity contribution in [1.29, 1.82) is 0 Å². The van der Waals surface area contributed by atoms with Crippen molar-refractivity contribution < 1.29 is 9.53 Å². The highest BCUT2D eigenvalue weighted by atomic mass is 16.5. The summed E-state index contributed by atoms with van der Waals surface area (Å²) in [5, 5.41) is 2.93. The second-order valence-corrected chi connectivity index (χ2v) is 7.03. The smallest absolute Gasteiger partial charge is 0.255 e. The summed E-state index contributed by atoms with van der Waals surface area (Å²) in [6.07, 6.45) is 0.926. The Morgan fingerprint density at radius 3 is 2.57 bits per heavy atom. The van der Waals surface area contributed by atoms with Crippen LogP contribution in [0, 0.1) is 0 Å². The molecule has 0 radical (unpaired) electrons. The maximum atomic E-state index is 12.6. The lowest BCUT2D eigenvalue weighted by Crippen LogP contribution is -2.46. The summed E-state index contributed by atoms with van der Waals surface area (Å²) in [6, 6.07) is 13.0. The third-order valence-electron chi connectivity index (χ3n) is 5.01. The fourth-order valence-corrected chi connectivity index (χ4v) is 3.38. The largest absolute Gasteiger partial charge is 0.494 e. The van der Waals surface area contributed by atoms with Gasteiger partial charge in [-0.3, -0.25) is 4.79 Å². The van der Waals surface area contributed by atoms with E-state index in [2.05, 4.69) is 22.0 Å². The van der Waals surface area contributed by atoms with Gasteiger partial charge in [-0.1, -0.05) is 19.9 Å². The fourth-order valence-electron chi connectivity index (χ4n) is 3.38. The Bertz CT molecular complexity index is 801. The third-order valence-corrected chi connectivity index (χ3v) is 5.01. The molecule has 150 valence electrons. The van der Waals surface area contributed by atoms with Gasteiger partial charge >= 0.3 is 0 Å². The number of nitrogen functional groups attached to an aromatic ring is 1. The molecule has 3 rings (SSSR count). The van der Waals surface area contributed by atoms with Crippen LogP contribution in [0.5, 0.6) is 5.75 Å². The summed E-state index contributed by atoms with van der Waals surface area (Å²) < 4.78 is 5.60. The quantitative estimate of drug-likeness (QED) is 0.718. The average molecular weight is 383 g/mol. The topological polar surface area (TPSA) is 70.8 Å². The van der Waals surface area contributed by atoms with E-state index in [9.17, 15) is 4.79 Å². The lowest BCUT2D eigenvalue weighted by atomic mass is 10.1. The second-order valence-electron chi connectivity index (χ2n) is 7.03. The Kier molecular flexibility index (Phi) is 6.76. The van der Waals surface area contributed by atoms with Crippen LogP contribution in [0.4, 0.5) is 17.1 Å². The maximum absolute atomic E-state index is 12.6. The number of piperazine rings is 1. The fraction of sp³-hybridized carbons (Fsp3) is 0.409. The zero-order chi connectivity index (χ0) is 19.9. The summed E-state index contributed by atoms with van der Waals surface area (Å²) in [7, 11) is 0. The molecular weight excluding hydrogens is 352 g/mol. The van der Waals surface area contributed by atoms with E-state index >= 15 is 0 Å². The first-order valence-electron chi connectivity index (χ1n) is 10.0. The predicted octanol–water partition coefficient (Wildman–Crippen LogP) is 3.45. The Hall–Kier alpha value is -2.73. The lowest BCUT2D eigenvalue weighted by Gasteiger charge is -2.36. The van der Waals surface area contributed by atoms with E-state index in [1.54, 1.807) is 12.1 Å². The molecule has 2 aromatic carbocycles. The van der Waals surface area contributed by atoms with Crippen molar-refractivity contribution in [1.82, 2.24) is 4.90 Å². The number of nitrogens with two attached hydrogens (primary N) is 1. The first-order valence-corrected chi connectivity index (χ1v) is 10.0. The van der Waals surface area contributed by atoms with E-state index in [0.29, 0.717) is 29.3 Å². The molecule has 0 aliphatic carbocycles. The van der Waals surface area contributed by atoms with Gasteiger partial charge in [0.05, 0.1) is 18.0 Å². The van der Waals surface area contributed by atoms with Crippen LogP contribution in [-0.4, -0.2) is 50.1 Å². The van der Waals surface area contributed by atoms with E-state index in [4.69, 9.17) is 10.5 Å². The molecule has 0 unspecified atom stereocenters. The summed E-state index contributed by atoms with van der Waals surface area (Å²) in [4.78, 5) is 17.3. The standard InChI is InChI=1S/C22H30N4O2/c1-3-14-28-19-7-5-6-17(15-19)22(27)24-18-8-9-21(20(23)16-18)26-12-10-25(4-2)11-13-26/h5-9,15-16H,3-4,10-14,23H2,1-2H3,(H,24,27). The van der Waals surface area contributed by atoms with E-state index < -0.39 is 0 Å². The number of hydrogen-bond acceptors (Lipinski definition) is 5. The van der Waals surface area contributed by atoms with Crippen molar-refractivity contribution in [3.63, 3.8) is 0 Å². The average Bonchev–Trinajstić information content (AvgIpc) is 2.73.